The lowest BCUT2D eigenvalue weighted by Crippen LogP contribution is -2.10. The van der Waals surface area contributed by atoms with Crippen LogP contribution in [0.25, 0.3) is 11.4 Å². The second-order valence-electron chi connectivity index (χ2n) is 5.37. The molecular weight excluding hydrogens is 328 g/mol. The first kappa shape index (κ1) is 15.9. The van der Waals surface area contributed by atoms with Gasteiger partial charge in [0.05, 0.1) is 0 Å². The maximum absolute atomic E-state index is 4.72. The van der Waals surface area contributed by atoms with Crippen molar-refractivity contribution in [3.8, 4) is 11.4 Å². The van der Waals surface area contributed by atoms with Crippen LogP contribution in [0.1, 0.15) is 44.4 Å². The molecule has 2 rings (SSSR count). The fraction of sp³-hybridized carbons (Fsp3) is 0.438. The normalized spacial score (nSPS) is 11.0. The van der Waals surface area contributed by atoms with E-state index in [9.17, 15) is 0 Å². The average molecular weight is 349 g/mol. The molecule has 0 amide bonds. The van der Waals surface area contributed by atoms with Gasteiger partial charge in [0.25, 0.3) is 0 Å². The highest BCUT2D eigenvalue weighted by Gasteiger charge is 2.15. The van der Waals surface area contributed by atoms with Gasteiger partial charge in [-0.1, -0.05) is 20.8 Å². The van der Waals surface area contributed by atoms with E-state index in [2.05, 4.69) is 52.0 Å². The SMILES string of the molecule is CCCNc1nc(-c2cncc(Br)c2)nc(C)c1C(C)C. The highest BCUT2D eigenvalue weighted by atomic mass is 79.9. The fourth-order valence-corrected chi connectivity index (χ4v) is 2.68. The Kier molecular flexibility index (Phi) is 5.28. The standard InChI is InChI=1S/C16H21BrN4/c1-5-6-19-16-14(10(2)3)11(4)20-15(21-16)12-7-13(17)9-18-8-12/h7-10H,5-6H2,1-4H3,(H,19,20,21). The van der Waals surface area contributed by atoms with Crippen molar-refractivity contribution < 1.29 is 0 Å². The van der Waals surface area contributed by atoms with E-state index in [0.29, 0.717) is 11.7 Å². The zero-order chi connectivity index (χ0) is 15.4. The summed E-state index contributed by atoms with van der Waals surface area (Å²) in [5.41, 5.74) is 3.13. The third-order valence-corrected chi connectivity index (χ3v) is 3.65. The van der Waals surface area contributed by atoms with E-state index in [1.807, 2.05) is 13.0 Å². The van der Waals surface area contributed by atoms with Crippen molar-refractivity contribution in [1.29, 1.82) is 0 Å². The lowest BCUT2D eigenvalue weighted by atomic mass is 10.0. The molecule has 0 unspecified atom stereocenters. The molecule has 2 aromatic heterocycles. The minimum Gasteiger partial charge on any atom is -0.370 e. The lowest BCUT2D eigenvalue weighted by Gasteiger charge is -2.17. The van der Waals surface area contributed by atoms with Gasteiger partial charge in [-0.15, -0.1) is 0 Å². The Bertz CT molecular complexity index is 626. The molecule has 5 heteroatoms. The van der Waals surface area contributed by atoms with E-state index in [0.717, 1.165) is 34.5 Å². The Morgan fingerprint density at radius 2 is 2.00 bits per heavy atom. The molecule has 0 aliphatic heterocycles. The molecule has 0 spiro atoms. The minimum absolute atomic E-state index is 0.388. The number of aromatic nitrogens is 3. The maximum Gasteiger partial charge on any atom is 0.163 e. The van der Waals surface area contributed by atoms with E-state index in [1.165, 1.54) is 5.56 Å². The van der Waals surface area contributed by atoms with E-state index in [4.69, 9.17) is 4.98 Å². The number of hydrogen-bond acceptors (Lipinski definition) is 4. The fourth-order valence-electron chi connectivity index (χ4n) is 2.31. The topological polar surface area (TPSA) is 50.7 Å². The van der Waals surface area contributed by atoms with Crippen molar-refractivity contribution in [3.05, 3.63) is 34.2 Å². The van der Waals surface area contributed by atoms with Gasteiger partial charge in [0.15, 0.2) is 5.82 Å². The number of anilines is 1. The summed E-state index contributed by atoms with van der Waals surface area (Å²) in [6, 6.07) is 1.99. The summed E-state index contributed by atoms with van der Waals surface area (Å²) in [4.78, 5) is 13.6. The smallest absolute Gasteiger partial charge is 0.163 e. The number of aryl methyl sites for hydroxylation is 1. The second-order valence-corrected chi connectivity index (χ2v) is 6.28. The zero-order valence-electron chi connectivity index (χ0n) is 12.9. The van der Waals surface area contributed by atoms with Crippen LogP contribution in [0.15, 0.2) is 22.9 Å². The molecule has 0 aromatic carbocycles. The van der Waals surface area contributed by atoms with Crippen molar-refractivity contribution in [3.63, 3.8) is 0 Å². The van der Waals surface area contributed by atoms with Gasteiger partial charge in [-0.05, 0) is 41.3 Å². The van der Waals surface area contributed by atoms with Crippen LogP contribution >= 0.6 is 15.9 Å². The molecule has 0 radical (unpaired) electrons. The third kappa shape index (κ3) is 3.79. The average Bonchev–Trinajstić information content (AvgIpc) is 2.44. The molecule has 21 heavy (non-hydrogen) atoms. The Hall–Kier alpha value is -1.49. The van der Waals surface area contributed by atoms with E-state index in [-0.39, 0.29) is 0 Å². The molecule has 0 saturated heterocycles. The molecule has 0 saturated carbocycles. The molecule has 4 nitrogen and oxygen atoms in total. The monoisotopic (exact) mass is 348 g/mol. The molecule has 0 atom stereocenters. The number of pyridine rings is 1. The Balaban J connectivity index is 2.51. The quantitative estimate of drug-likeness (QED) is 0.860. The van der Waals surface area contributed by atoms with Gasteiger partial charge in [0.2, 0.25) is 0 Å². The summed E-state index contributed by atoms with van der Waals surface area (Å²) in [6.45, 7) is 9.44. The first-order valence-corrected chi connectivity index (χ1v) is 8.05. The number of rotatable bonds is 5. The van der Waals surface area contributed by atoms with Gasteiger partial charge in [-0.25, -0.2) is 9.97 Å². The second kappa shape index (κ2) is 6.98. The largest absolute Gasteiger partial charge is 0.370 e. The molecule has 0 aliphatic carbocycles. The summed E-state index contributed by atoms with van der Waals surface area (Å²) < 4.78 is 0.928. The van der Waals surface area contributed by atoms with Crippen LogP contribution in [0, 0.1) is 6.92 Å². The third-order valence-electron chi connectivity index (χ3n) is 3.22. The summed E-state index contributed by atoms with van der Waals surface area (Å²) >= 11 is 3.44. The summed E-state index contributed by atoms with van der Waals surface area (Å²) in [7, 11) is 0. The van der Waals surface area contributed by atoms with Gasteiger partial charge in [-0.3, -0.25) is 4.98 Å². The van der Waals surface area contributed by atoms with Gasteiger partial charge in [0.1, 0.15) is 5.82 Å². The van der Waals surface area contributed by atoms with Gasteiger partial charge in [0, 0.05) is 40.2 Å². The molecule has 1 N–H and O–H groups in total. The number of halogens is 1. The number of hydrogen-bond donors (Lipinski definition) is 1. The van der Waals surface area contributed by atoms with Crippen molar-refractivity contribution in [1.82, 2.24) is 15.0 Å². The van der Waals surface area contributed by atoms with Gasteiger partial charge >= 0.3 is 0 Å². The molecule has 2 heterocycles. The van der Waals surface area contributed by atoms with Crippen LogP contribution in [0.2, 0.25) is 0 Å². The molecule has 0 aliphatic rings. The maximum atomic E-state index is 4.72. The highest BCUT2D eigenvalue weighted by molar-refractivity contribution is 9.10. The molecule has 0 bridgehead atoms. The van der Waals surface area contributed by atoms with Crippen LogP contribution in [0.4, 0.5) is 5.82 Å². The number of nitrogens with one attached hydrogen (secondary N) is 1. The highest BCUT2D eigenvalue weighted by Crippen LogP contribution is 2.28. The van der Waals surface area contributed by atoms with Crippen molar-refractivity contribution >= 4 is 21.7 Å². The van der Waals surface area contributed by atoms with Gasteiger partial charge < -0.3 is 5.32 Å². The van der Waals surface area contributed by atoms with Crippen LogP contribution < -0.4 is 5.32 Å². The Morgan fingerprint density at radius 3 is 2.62 bits per heavy atom. The first-order valence-electron chi connectivity index (χ1n) is 7.26. The zero-order valence-corrected chi connectivity index (χ0v) is 14.5. The van der Waals surface area contributed by atoms with E-state index < -0.39 is 0 Å². The lowest BCUT2D eigenvalue weighted by molar-refractivity contribution is 0.826. The predicted molar refractivity (Wildman–Crippen MR) is 90.6 cm³/mol. The Morgan fingerprint density at radius 1 is 1.24 bits per heavy atom. The van der Waals surface area contributed by atoms with Gasteiger partial charge in [-0.2, -0.15) is 0 Å². The molecular formula is C16H21BrN4. The molecule has 0 fully saturated rings. The van der Waals surface area contributed by atoms with Crippen molar-refractivity contribution in [2.75, 3.05) is 11.9 Å². The first-order chi connectivity index (χ1) is 10.0. The predicted octanol–water partition coefficient (Wildman–Crippen LogP) is 4.55. The summed E-state index contributed by atoms with van der Waals surface area (Å²) in [5.74, 6) is 2.04. The van der Waals surface area contributed by atoms with E-state index in [1.54, 1.807) is 12.4 Å². The van der Waals surface area contributed by atoms with E-state index >= 15 is 0 Å². The molecule has 112 valence electrons. The van der Waals surface area contributed by atoms with Crippen molar-refractivity contribution in [2.45, 2.75) is 40.0 Å². The minimum atomic E-state index is 0.388. The van der Waals surface area contributed by atoms with Crippen LogP contribution in [0.5, 0.6) is 0 Å². The van der Waals surface area contributed by atoms with Crippen LogP contribution in [0.3, 0.4) is 0 Å². The summed E-state index contributed by atoms with van der Waals surface area (Å²) in [6.07, 6.45) is 4.61. The summed E-state index contributed by atoms with van der Waals surface area (Å²) in [5, 5.41) is 3.43. The van der Waals surface area contributed by atoms with Crippen LogP contribution in [-0.2, 0) is 0 Å². The van der Waals surface area contributed by atoms with Crippen molar-refractivity contribution in [2.24, 2.45) is 0 Å². The molecule has 2 aromatic rings. The Labute approximate surface area is 134 Å². The van der Waals surface area contributed by atoms with Crippen LogP contribution in [-0.4, -0.2) is 21.5 Å². The number of nitrogens with zero attached hydrogens (tertiary/aromatic N) is 3.